The van der Waals surface area contributed by atoms with Gasteiger partial charge < -0.3 is 4.74 Å². The number of ether oxygens (including phenoxy) is 1. The van der Waals surface area contributed by atoms with Crippen LogP contribution in [0.4, 0.5) is 0 Å². The lowest BCUT2D eigenvalue weighted by Gasteiger charge is -1.99. The van der Waals surface area contributed by atoms with Crippen molar-refractivity contribution in [3.8, 4) is 0 Å². The number of esters is 1. The number of hydrogen-bond donors (Lipinski definition) is 0. The lowest BCUT2D eigenvalue weighted by molar-refractivity contribution is -0.133. The Balaban J connectivity index is 4.10. The SMILES string of the molecule is C=CC(=O)OC(/C=C\C)=C/C. The highest BCUT2D eigenvalue weighted by atomic mass is 16.5. The predicted molar refractivity (Wildman–Crippen MR) is 44.9 cm³/mol. The first-order valence-electron chi connectivity index (χ1n) is 3.37. The van der Waals surface area contributed by atoms with Gasteiger partial charge in [0.05, 0.1) is 0 Å². The Labute approximate surface area is 66.9 Å². The van der Waals surface area contributed by atoms with Crippen LogP contribution in [-0.4, -0.2) is 5.97 Å². The molecule has 0 bridgehead atoms. The first-order valence-corrected chi connectivity index (χ1v) is 3.37. The molecule has 0 aliphatic rings. The first-order chi connectivity index (χ1) is 5.24. The topological polar surface area (TPSA) is 26.3 Å². The van der Waals surface area contributed by atoms with Crippen LogP contribution in [0.1, 0.15) is 13.8 Å². The van der Waals surface area contributed by atoms with Gasteiger partial charge in [-0.1, -0.05) is 12.7 Å². The molecule has 0 unspecified atom stereocenters. The van der Waals surface area contributed by atoms with Crippen molar-refractivity contribution in [2.24, 2.45) is 0 Å². The number of allylic oxidation sites excluding steroid dienone is 3. The van der Waals surface area contributed by atoms with Crippen LogP contribution in [0.2, 0.25) is 0 Å². The van der Waals surface area contributed by atoms with E-state index in [1.807, 2.05) is 6.92 Å². The molecule has 0 atom stereocenters. The van der Waals surface area contributed by atoms with Crippen molar-refractivity contribution in [3.63, 3.8) is 0 Å². The van der Waals surface area contributed by atoms with Gasteiger partial charge in [-0.05, 0) is 26.0 Å². The highest BCUT2D eigenvalue weighted by molar-refractivity contribution is 5.82. The van der Waals surface area contributed by atoms with Gasteiger partial charge in [0, 0.05) is 6.08 Å². The summed E-state index contributed by atoms with van der Waals surface area (Å²) in [5.74, 6) is 0.105. The molecule has 0 amide bonds. The maximum absolute atomic E-state index is 10.6. The van der Waals surface area contributed by atoms with Crippen LogP contribution in [0.15, 0.2) is 36.6 Å². The zero-order valence-electron chi connectivity index (χ0n) is 6.83. The van der Waals surface area contributed by atoms with Crippen LogP contribution in [0.5, 0.6) is 0 Å². The second kappa shape index (κ2) is 5.47. The normalized spacial score (nSPS) is 11.6. The lowest BCUT2D eigenvalue weighted by Crippen LogP contribution is -1.97. The summed E-state index contributed by atoms with van der Waals surface area (Å²) >= 11 is 0. The third-order valence-electron chi connectivity index (χ3n) is 1.00. The molecule has 0 aromatic carbocycles. The molecule has 11 heavy (non-hydrogen) atoms. The molecule has 0 aliphatic heterocycles. The fraction of sp³-hybridized carbons (Fsp3) is 0.222. The van der Waals surface area contributed by atoms with E-state index in [2.05, 4.69) is 6.58 Å². The van der Waals surface area contributed by atoms with Crippen LogP contribution < -0.4 is 0 Å². The Morgan fingerprint density at radius 2 is 2.09 bits per heavy atom. The Kier molecular flexibility index (Phi) is 4.82. The molecule has 0 aromatic rings. The van der Waals surface area contributed by atoms with E-state index in [0.717, 1.165) is 6.08 Å². The van der Waals surface area contributed by atoms with Gasteiger partial charge in [0.25, 0.3) is 0 Å². The maximum atomic E-state index is 10.6. The standard InChI is InChI=1S/C9H12O2/c1-4-7-8(5-2)11-9(10)6-3/h4-7H,3H2,1-2H3/b7-4-,8-5+. The number of carbonyl (C=O) groups is 1. The minimum atomic E-state index is -0.434. The molecule has 0 saturated carbocycles. The summed E-state index contributed by atoms with van der Waals surface area (Å²) in [5, 5.41) is 0. The Morgan fingerprint density at radius 1 is 1.45 bits per heavy atom. The van der Waals surface area contributed by atoms with Crippen molar-refractivity contribution in [2.45, 2.75) is 13.8 Å². The van der Waals surface area contributed by atoms with Crippen molar-refractivity contribution in [3.05, 3.63) is 36.6 Å². The molecule has 2 heteroatoms. The van der Waals surface area contributed by atoms with Gasteiger partial charge in [0.15, 0.2) is 0 Å². The van der Waals surface area contributed by atoms with Crippen molar-refractivity contribution in [1.82, 2.24) is 0 Å². The van der Waals surface area contributed by atoms with E-state index < -0.39 is 5.97 Å². The number of carbonyl (C=O) groups excluding carboxylic acids is 1. The van der Waals surface area contributed by atoms with E-state index >= 15 is 0 Å². The average Bonchev–Trinajstić information content (AvgIpc) is 2.03. The highest BCUT2D eigenvalue weighted by Gasteiger charge is 1.96. The van der Waals surface area contributed by atoms with Crippen LogP contribution in [0, 0.1) is 0 Å². The van der Waals surface area contributed by atoms with E-state index in [0.29, 0.717) is 5.76 Å². The van der Waals surface area contributed by atoms with Crippen LogP contribution in [0.25, 0.3) is 0 Å². The summed E-state index contributed by atoms with van der Waals surface area (Å²) in [6.45, 7) is 6.93. The number of hydrogen-bond acceptors (Lipinski definition) is 2. The molecule has 60 valence electrons. The second-order valence-electron chi connectivity index (χ2n) is 1.82. The fourth-order valence-corrected chi connectivity index (χ4v) is 0.511. The minimum absolute atomic E-state index is 0.434. The predicted octanol–water partition coefficient (Wildman–Crippen LogP) is 2.20. The Morgan fingerprint density at radius 3 is 2.45 bits per heavy atom. The summed E-state index contributed by atoms with van der Waals surface area (Å²) in [5.41, 5.74) is 0. The molecule has 0 radical (unpaired) electrons. The summed E-state index contributed by atoms with van der Waals surface area (Å²) in [4.78, 5) is 10.6. The summed E-state index contributed by atoms with van der Waals surface area (Å²) in [6.07, 6.45) is 6.35. The van der Waals surface area contributed by atoms with Gasteiger partial charge in [-0.15, -0.1) is 0 Å². The average molecular weight is 152 g/mol. The highest BCUT2D eigenvalue weighted by Crippen LogP contribution is 1.99. The van der Waals surface area contributed by atoms with Gasteiger partial charge in [0.2, 0.25) is 0 Å². The minimum Gasteiger partial charge on any atom is -0.424 e. The van der Waals surface area contributed by atoms with Crippen LogP contribution in [-0.2, 0) is 9.53 Å². The monoisotopic (exact) mass is 152 g/mol. The van der Waals surface area contributed by atoms with Crippen molar-refractivity contribution in [2.75, 3.05) is 0 Å². The van der Waals surface area contributed by atoms with E-state index in [9.17, 15) is 4.79 Å². The molecular weight excluding hydrogens is 140 g/mol. The van der Waals surface area contributed by atoms with Crippen LogP contribution >= 0.6 is 0 Å². The fourth-order valence-electron chi connectivity index (χ4n) is 0.511. The molecule has 0 spiro atoms. The largest absolute Gasteiger partial charge is 0.424 e. The number of rotatable bonds is 3. The second-order valence-corrected chi connectivity index (χ2v) is 1.82. The maximum Gasteiger partial charge on any atom is 0.335 e. The summed E-state index contributed by atoms with van der Waals surface area (Å²) in [7, 11) is 0. The third-order valence-corrected chi connectivity index (χ3v) is 1.00. The zero-order valence-corrected chi connectivity index (χ0v) is 6.83. The van der Waals surface area contributed by atoms with Crippen molar-refractivity contribution >= 4 is 5.97 Å². The van der Waals surface area contributed by atoms with E-state index in [1.54, 1.807) is 25.2 Å². The van der Waals surface area contributed by atoms with Gasteiger partial charge in [-0.2, -0.15) is 0 Å². The van der Waals surface area contributed by atoms with E-state index in [-0.39, 0.29) is 0 Å². The summed E-state index contributed by atoms with van der Waals surface area (Å²) in [6, 6.07) is 0. The molecule has 0 saturated heterocycles. The van der Waals surface area contributed by atoms with Gasteiger partial charge in [0.1, 0.15) is 5.76 Å². The van der Waals surface area contributed by atoms with E-state index in [1.165, 1.54) is 0 Å². The van der Waals surface area contributed by atoms with Crippen LogP contribution in [0.3, 0.4) is 0 Å². The van der Waals surface area contributed by atoms with Gasteiger partial charge in [-0.25, -0.2) is 4.79 Å². The van der Waals surface area contributed by atoms with E-state index in [4.69, 9.17) is 4.74 Å². The smallest absolute Gasteiger partial charge is 0.335 e. The lowest BCUT2D eigenvalue weighted by atomic mass is 10.4. The molecule has 0 rings (SSSR count). The van der Waals surface area contributed by atoms with Crippen molar-refractivity contribution < 1.29 is 9.53 Å². The molecule has 0 aliphatic carbocycles. The zero-order chi connectivity index (χ0) is 8.69. The molecule has 0 N–H and O–H groups in total. The molecule has 0 heterocycles. The van der Waals surface area contributed by atoms with Crippen molar-refractivity contribution in [1.29, 1.82) is 0 Å². The first kappa shape index (κ1) is 9.69. The molecule has 2 nitrogen and oxygen atoms in total. The van der Waals surface area contributed by atoms with Gasteiger partial charge >= 0.3 is 5.97 Å². The Hall–Kier alpha value is -1.31. The quantitative estimate of drug-likeness (QED) is 0.268. The molecular formula is C9H12O2. The molecule has 0 fully saturated rings. The molecule has 0 aromatic heterocycles. The third kappa shape index (κ3) is 4.14. The Bertz CT molecular complexity index is 200. The van der Waals surface area contributed by atoms with Gasteiger partial charge in [-0.3, -0.25) is 0 Å². The summed E-state index contributed by atoms with van der Waals surface area (Å²) < 4.78 is 4.81.